The number of nitrogens with two attached hydrogens (primary N) is 2. The highest BCUT2D eigenvalue weighted by atomic mass is 16.5. The van der Waals surface area contributed by atoms with Crippen molar-refractivity contribution < 1.29 is 9.47 Å². The van der Waals surface area contributed by atoms with Crippen LogP contribution in [0.2, 0.25) is 0 Å². The Balaban J connectivity index is 3.42. The molecule has 0 bridgehead atoms. The van der Waals surface area contributed by atoms with Crippen molar-refractivity contribution in [2.24, 2.45) is 11.5 Å². The molecule has 0 aliphatic heterocycles. The van der Waals surface area contributed by atoms with Crippen LogP contribution in [0, 0.1) is 13.8 Å². The van der Waals surface area contributed by atoms with E-state index in [0.717, 1.165) is 28.2 Å². The maximum atomic E-state index is 6.10. The van der Waals surface area contributed by atoms with Crippen molar-refractivity contribution in [1.82, 2.24) is 0 Å². The van der Waals surface area contributed by atoms with Crippen molar-refractivity contribution in [2.75, 3.05) is 14.2 Å². The lowest BCUT2D eigenvalue weighted by Crippen LogP contribution is -2.31. The lowest BCUT2D eigenvalue weighted by Gasteiger charge is -2.22. The number of benzene rings is 1. The molecule has 1 aromatic carbocycles. The van der Waals surface area contributed by atoms with E-state index in [4.69, 9.17) is 20.9 Å². The fourth-order valence-electron chi connectivity index (χ4n) is 1.90. The Morgan fingerprint density at radius 1 is 1.06 bits per heavy atom. The maximum Gasteiger partial charge on any atom is 0.127 e. The highest BCUT2D eigenvalue weighted by Crippen LogP contribution is 2.36. The summed E-state index contributed by atoms with van der Waals surface area (Å²) in [5.41, 5.74) is 14.9. The number of methoxy groups -OCH3 is 2. The van der Waals surface area contributed by atoms with Gasteiger partial charge < -0.3 is 20.9 Å². The summed E-state index contributed by atoms with van der Waals surface area (Å²) in [6.07, 6.45) is 0. The van der Waals surface area contributed by atoms with Crippen molar-refractivity contribution in [3.8, 4) is 11.5 Å². The average molecular weight is 238 g/mol. The van der Waals surface area contributed by atoms with Gasteiger partial charge in [0.25, 0.3) is 0 Å². The summed E-state index contributed by atoms with van der Waals surface area (Å²) in [5, 5.41) is 0. The summed E-state index contributed by atoms with van der Waals surface area (Å²) < 4.78 is 10.8. The molecule has 17 heavy (non-hydrogen) atoms. The van der Waals surface area contributed by atoms with Gasteiger partial charge in [-0.05, 0) is 38.0 Å². The molecular formula is C13H22N2O2. The third kappa shape index (κ3) is 2.53. The SMILES string of the molecule is COc1cc(C(N)C(C)N)c(OC)c(C)c1C. The molecule has 4 N–H and O–H groups in total. The third-order valence-electron chi connectivity index (χ3n) is 3.17. The minimum absolute atomic E-state index is 0.143. The van der Waals surface area contributed by atoms with E-state index in [2.05, 4.69) is 0 Å². The van der Waals surface area contributed by atoms with Crippen molar-refractivity contribution in [2.45, 2.75) is 32.9 Å². The Kier molecular flexibility index (Phi) is 4.37. The van der Waals surface area contributed by atoms with Gasteiger partial charge in [-0.25, -0.2) is 0 Å². The van der Waals surface area contributed by atoms with E-state index >= 15 is 0 Å². The molecule has 0 amide bonds. The quantitative estimate of drug-likeness (QED) is 0.837. The predicted octanol–water partition coefficient (Wildman–Crippen LogP) is 1.67. The maximum absolute atomic E-state index is 6.10. The summed E-state index contributed by atoms with van der Waals surface area (Å²) in [7, 11) is 3.29. The number of hydrogen-bond donors (Lipinski definition) is 2. The van der Waals surface area contributed by atoms with Crippen molar-refractivity contribution in [1.29, 1.82) is 0 Å². The van der Waals surface area contributed by atoms with E-state index in [1.165, 1.54) is 0 Å². The van der Waals surface area contributed by atoms with Gasteiger partial charge in [-0.15, -0.1) is 0 Å². The average Bonchev–Trinajstić information content (AvgIpc) is 2.31. The van der Waals surface area contributed by atoms with Gasteiger partial charge in [0.15, 0.2) is 0 Å². The largest absolute Gasteiger partial charge is 0.496 e. The first-order chi connectivity index (χ1) is 7.93. The van der Waals surface area contributed by atoms with Crippen LogP contribution in [0.15, 0.2) is 6.07 Å². The van der Waals surface area contributed by atoms with Crippen LogP contribution in [0.5, 0.6) is 11.5 Å². The second kappa shape index (κ2) is 5.38. The van der Waals surface area contributed by atoms with Gasteiger partial charge in [0.1, 0.15) is 11.5 Å². The van der Waals surface area contributed by atoms with E-state index in [9.17, 15) is 0 Å². The Labute approximate surface area is 103 Å². The lowest BCUT2D eigenvalue weighted by atomic mass is 9.95. The van der Waals surface area contributed by atoms with Crippen LogP contribution in [0.4, 0.5) is 0 Å². The molecule has 0 aromatic heterocycles. The lowest BCUT2D eigenvalue weighted by molar-refractivity contribution is 0.387. The van der Waals surface area contributed by atoms with Crippen molar-refractivity contribution >= 4 is 0 Å². The molecule has 0 aliphatic carbocycles. The summed E-state index contributed by atoms with van der Waals surface area (Å²) in [5.74, 6) is 1.61. The molecule has 0 aliphatic rings. The van der Waals surface area contributed by atoms with Gasteiger partial charge in [-0.2, -0.15) is 0 Å². The Morgan fingerprint density at radius 2 is 1.65 bits per heavy atom. The Hall–Kier alpha value is -1.26. The molecule has 0 saturated heterocycles. The topological polar surface area (TPSA) is 70.5 Å². The number of rotatable bonds is 4. The molecule has 96 valence electrons. The molecule has 2 atom stereocenters. The van der Waals surface area contributed by atoms with Crippen LogP contribution in [0.25, 0.3) is 0 Å². The molecule has 0 fully saturated rings. The van der Waals surface area contributed by atoms with Gasteiger partial charge in [0, 0.05) is 17.6 Å². The molecule has 0 saturated carbocycles. The second-order valence-corrected chi connectivity index (χ2v) is 4.34. The van der Waals surface area contributed by atoms with E-state index in [1.807, 2.05) is 26.8 Å². The fraction of sp³-hybridized carbons (Fsp3) is 0.538. The summed E-state index contributed by atoms with van der Waals surface area (Å²) >= 11 is 0. The van der Waals surface area contributed by atoms with Crippen LogP contribution in [-0.4, -0.2) is 20.3 Å². The van der Waals surface area contributed by atoms with Crippen molar-refractivity contribution in [3.05, 3.63) is 22.8 Å². The monoisotopic (exact) mass is 238 g/mol. The Morgan fingerprint density at radius 3 is 2.06 bits per heavy atom. The Bertz CT molecular complexity index is 403. The van der Waals surface area contributed by atoms with Crippen LogP contribution < -0.4 is 20.9 Å². The number of ether oxygens (including phenoxy) is 2. The molecule has 1 rings (SSSR count). The van der Waals surface area contributed by atoms with Gasteiger partial charge in [-0.1, -0.05) is 0 Å². The molecular weight excluding hydrogens is 216 g/mol. The minimum atomic E-state index is -0.266. The standard InChI is InChI=1S/C13H22N2O2/c1-7-8(2)13(17-5)10(6-11(7)16-4)12(15)9(3)14/h6,9,12H,14-15H2,1-5H3. The van der Waals surface area contributed by atoms with Crippen LogP contribution in [0.1, 0.15) is 29.7 Å². The van der Waals surface area contributed by atoms with E-state index < -0.39 is 0 Å². The highest BCUT2D eigenvalue weighted by Gasteiger charge is 2.20. The zero-order valence-electron chi connectivity index (χ0n) is 11.2. The first kappa shape index (κ1) is 13.8. The first-order valence-electron chi connectivity index (χ1n) is 5.67. The molecule has 4 nitrogen and oxygen atoms in total. The van der Waals surface area contributed by atoms with Gasteiger partial charge >= 0.3 is 0 Å². The highest BCUT2D eigenvalue weighted by molar-refractivity contribution is 5.53. The molecule has 0 radical (unpaired) electrons. The van der Waals surface area contributed by atoms with E-state index in [1.54, 1.807) is 14.2 Å². The predicted molar refractivity (Wildman–Crippen MR) is 69.6 cm³/mol. The first-order valence-corrected chi connectivity index (χ1v) is 5.67. The molecule has 0 spiro atoms. The smallest absolute Gasteiger partial charge is 0.127 e. The molecule has 2 unspecified atom stereocenters. The van der Waals surface area contributed by atoms with Crippen LogP contribution >= 0.6 is 0 Å². The zero-order chi connectivity index (χ0) is 13.2. The van der Waals surface area contributed by atoms with Crippen LogP contribution in [-0.2, 0) is 0 Å². The summed E-state index contributed by atoms with van der Waals surface area (Å²) in [6.45, 7) is 5.87. The molecule has 4 heteroatoms. The van der Waals surface area contributed by atoms with Crippen molar-refractivity contribution in [3.63, 3.8) is 0 Å². The normalized spacial score (nSPS) is 14.3. The molecule has 0 heterocycles. The zero-order valence-corrected chi connectivity index (χ0v) is 11.2. The van der Waals surface area contributed by atoms with Gasteiger partial charge in [-0.3, -0.25) is 0 Å². The van der Waals surface area contributed by atoms with E-state index in [-0.39, 0.29) is 12.1 Å². The summed E-state index contributed by atoms with van der Waals surface area (Å²) in [4.78, 5) is 0. The van der Waals surface area contributed by atoms with Crippen LogP contribution in [0.3, 0.4) is 0 Å². The van der Waals surface area contributed by atoms with Gasteiger partial charge in [0.2, 0.25) is 0 Å². The molecule has 1 aromatic rings. The summed E-state index contributed by atoms with van der Waals surface area (Å²) in [6, 6.07) is 1.50. The number of hydrogen-bond acceptors (Lipinski definition) is 4. The van der Waals surface area contributed by atoms with Gasteiger partial charge in [0.05, 0.1) is 14.2 Å². The van der Waals surface area contributed by atoms with E-state index in [0.29, 0.717) is 0 Å². The minimum Gasteiger partial charge on any atom is -0.496 e. The second-order valence-electron chi connectivity index (χ2n) is 4.34. The third-order valence-corrected chi connectivity index (χ3v) is 3.17. The fourth-order valence-corrected chi connectivity index (χ4v) is 1.90.